The molecule has 9 heteroatoms. The molecule has 2 atom stereocenters. The first-order chi connectivity index (χ1) is 19.9. The van der Waals surface area contributed by atoms with E-state index in [1.807, 2.05) is 30.3 Å². The highest BCUT2D eigenvalue weighted by atomic mass is 35.5. The molecule has 1 aliphatic heterocycles. The van der Waals surface area contributed by atoms with E-state index in [1.54, 1.807) is 18.2 Å². The van der Waals surface area contributed by atoms with Gasteiger partial charge in [-0.2, -0.15) is 0 Å². The Kier molecular flexibility index (Phi) is 8.03. The highest BCUT2D eigenvalue weighted by Crippen LogP contribution is 2.33. The number of hydrogen-bond donors (Lipinski definition) is 1. The van der Waals surface area contributed by atoms with Crippen molar-refractivity contribution in [3.05, 3.63) is 88.6 Å². The summed E-state index contributed by atoms with van der Waals surface area (Å²) >= 11 is 5.85. The van der Waals surface area contributed by atoms with Crippen LogP contribution in [0.25, 0.3) is 16.6 Å². The zero-order valence-electron chi connectivity index (χ0n) is 22.9. The van der Waals surface area contributed by atoms with Gasteiger partial charge >= 0.3 is 0 Å². The number of pyridine rings is 1. The van der Waals surface area contributed by atoms with Crippen molar-refractivity contribution in [3.8, 4) is 5.88 Å². The van der Waals surface area contributed by atoms with Gasteiger partial charge in [0.1, 0.15) is 18.2 Å². The molecule has 2 unspecified atom stereocenters. The minimum Gasteiger partial charge on any atom is -0.473 e. The molecule has 0 spiro atoms. The fraction of sp³-hybridized carbons (Fsp3) is 0.344. The first-order valence-electron chi connectivity index (χ1n) is 14.0. The fourth-order valence-electron chi connectivity index (χ4n) is 5.48. The maximum absolute atomic E-state index is 14.1. The first-order valence-corrected chi connectivity index (χ1v) is 14.4. The van der Waals surface area contributed by atoms with Crippen molar-refractivity contribution in [2.24, 2.45) is 5.92 Å². The molecule has 1 N–H and O–H groups in total. The second-order valence-electron chi connectivity index (χ2n) is 10.8. The first kappa shape index (κ1) is 27.4. The van der Waals surface area contributed by atoms with E-state index in [9.17, 15) is 9.18 Å². The number of allylic oxidation sites excluding steroid dienone is 2. The molecule has 2 aliphatic rings. The number of carbonyl (C=O) groups excluding carboxylic acids is 1. The predicted octanol–water partition coefficient (Wildman–Crippen LogP) is 6.98. The molecule has 2 aromatic heterocycles. The van der Waals surface area contributed by atoms with Crippen molar-refractivity contribution in [1.29, 1.82) is 0 Å². The van der Waals surface area contributed by atoms with E-state index in [0.29, 0.717) is 22.4 Å². The Morgan fingerprint density at radius 1 is 1.17 bits per heavy atom. The lowest BCUT2D eigenvalue weighted by molar-refractivity contribution is -0.114. The third-order valence-electron chi connectivity index (χ3n) is 7.76. The molecule has 41 heavy (non-hydrogen) atoms. The van der Waals surface area contributed by atoms with Gasteiger partial charge in [-0.15, -0.1) is 0 Å². The average Bonchev–Trinajstić information content (AvgIpc) is 3.26. The van der Waals surface area contributed by atoms with Crippen LogP contribution in [-0.2, 0) is 29.1 Å². The Morgan fingerprint density at radius 2 is 2.05 bits per heavy atom. The third-order valence-corrected chi connectivity index (χ3v) is 8.00. The van der Waals surface area contributed by atoms with E-state index in [4.69, 9.17) is 26.1 Å². The molecule has 212 valence electrons. The van der Waals surface area contributed by atoms with Crippen LogP contribution in [0.3, 0.4) is 0 Å². The normalized spacial score (nSPS) is 18.6. The monoisotopic (exact) mass is 574 g/mol. The van der Waals surface area contributed by atoms with Crippen LogP contribution in [0.15, 0.2) is 60.7 Å². The SMILES string of the molecule is CC(=O)Nc1ccc2c(c1)nc(CC1CC=C(c3cccc(OCc4ccc(Cl)cc4F)n3)CC1)n2CC1CCO1. The lowest BCUT2D eigenvalue weighted by atomic mass is 9.86. The van der Waals surface area contributed by atoms with Crippen LogP contribution in [0.4, 0.5) is 10.1 Å². The second kappa shape index (κ2) is 12.0. The summed E-state index contributed by atoms with van der Waals surface area (Å²) in [6.45, 7) is 3.19. The van der Waals surface area contributed by atoms with Gasteiger partial charge in [0.2, 0.25) is 11.8 Å². The maximum atomic E-state index is 14.1. The number of aromatic nitrogens is 3. The molecule has 3 heterocycles. The number of amides is 1. The zero-order valence-corrected chi connectivity index (χ0v) is 23.7. The number of benzene rings is 2. The minimum atomic E-state index is -0.392. The van der Waals surface area contributed by atoms with Crippen molar-refractivity contribution < 1.29 is 18.7 Å². The quantitative estimate of drug-likeness (QED) is 0.233. The number of nitrogens with zero attached hydrogens (tertiary/aromatic N) is 3. The van der Waals surface area contributed by atoms with E-state index < -0.39 is 5.82 Å². The highest BCUT2D eigenvalue weighted by molar-refractivity contribution is 6.30. The Bertz CT molecular complexity index is 1610. The van der Waals surface area contributed by atoms with Gasteiger partial charge in [0.15, 0.2) is 0 Å². The largest absolute Gasteiger partial charge is 0.473 e. The van der Waals surface area contributed by atoms with E-state index >= 15 is 0 Å². The van der Waals surface area contributed by atoms with Crippen LogP contribution in [-0.4, -0.2) is 33.2 Å². The van der Waals surface area contributed by atoms with E-state index in [1.165, 1.54) is 18.6 Å². The summed E-state index contributed by atoms with van der Waals surface area (Å²) < 4.78 is 28.0. The Balaban J connectivity index is 1.14. The molecule has 4 aromatic rings. The van der Waals surface area contributed by atoms with Crippen LogP contribution in [0.5, 0.6) is 5.88 Å². The molecule has 1 amide bonds. The van der Waals surface area contributed by atoms with Gasteiger partial charge in [-0.1, -0.05) is 29.8 Å². The number of hydrogen-bond acceptors (Lipinski definition) is 5. The lowest BCUT2D eigenvalue weighted by Crippen LogP contribution is -2.32. The van der Waals surface area contributed by atoms with Gasteiger partial charge in [-0.05, 0) is 73.6 Å². The van der Waals surface area contributed by atoms with E-state index in [0.717, 1.165) is 73.5 Å². The van der Waals surface area contributed by atoms with Crippen molar-refractivity contribution >= 4 is 39.8 Å². The number of ether oxygens (including phenoxy) is 2. The maximum Gasteiger partial charge on any atom is 0.221 e. The average molecular weight is 575 g/mol. The molecular weight excluding hydrogens is 543 g/mol. The number of anilines is 1. The van der Waals surface area contributed by atoms with Crippen LogP contribution in [0, 0.1) is 11.7 Å². The summed E-state index contributed by atoms with van der Waals surface area (Å²) in [5.74, 6) is 1.49. The molecule has 0 saturated carbocycles. The van der Waals surface area contributed by atoms with Crippen LogP contribution < -0.4 is 10.1 Å². The van der Waals surface area contributed by atoms with Crippen molar-refractivity contribution in [1.82, 2.24) is 14.5 Å². The Morgan fingerprint density at radius 3 is 2.78 bits per heavy atom. The Labute approximate surface area is 243 Å². The van der Waals surface area contributed by atoms with E-state index in [-0.39, 0.29) is 18.6 Å². The fourth-order valence-corrected chi connectivity index (χ4v) is 5.64. The lowest BCUT2D eigenvalue weighted by Gasteiger charge is -2.28. The number of imidazole rings is 1. The molecule has 2 aromatic carbocycles. The predicted molar refractivity (Wildman–Crippen MR) is 157 cm³/mol. The zero-order chi connectivity index (χ0) is 28.3. The molecule has 7 nitrogen and oxygen atoms in total. The number of carbonyl (C=O) groups is 1. The summed E-state index contributed by atoms with van der Waals surface area (Å²) in [6.07, 6.45) is 7.28. The molecule has 0 radical (unpaired) electrons. The van der Waals surface area contributed by atoms with Crippen molar-refractivity contribution in [3.63, 3.8) is 0 Å². The summed E-state index contributed by atoms with van der Waals surface area (Å²) in [7, 11) is 0. The van der Waals surface area contributed by atoms with Crippen LogP contribution in [0.2, 0.25) is 5.02 Å². The third kappa shape index (κ3) is 6.44. The highest BCUT2D eigenvalue weighted by Gasteiger charge is 2.24. The van der Waals surface area contributed by atoms with Gasteiger partial charge in [0.25, 0.3) is 0 Å². The molecule has 6 rings (SSSR count). The summed E-state index contributed by atoms with van der Waals surface area (Å²) in [5, 5.41) is 3.21. The topological polar surface area (TPSA) is 78.3 Å². The molecular formula is C32H32ClFN4O3. The summed E-state index contributed by atoms with van der Waals surface area (Å²) in [4.78, 5) is 21.2. The van der Waals surface area contributed by atoms with Gasteiger partial charge in [0, 0.05) is 42.3 Å². The number of rotatable bonds is 9. The number of fused-ring (bicyclic) bond motifs is 1. The van der Waals surface area contributed by atoms with Gasteiger partial charge in [0.05, 0.1) is 29.4 Å². The smallest absolute Gasteiger partial charge is 0.221 e. The second-order valence-corrected chi connectivity index (χ2v) is 11.2. The standard InChI is InChI=1S/C32H32ClFN4O3/c1-20(39)35-25-11-12-30-29(17-25)36-31(38(30)18-26-13-14-40-26)15-21-5-7-22(8-6-21)28-3-2-4-32(37-28)41-19-23-9-10-24(33)16-27(23)34/h2-4,7,9-12,16-17,21,26H,5-6,8,13-15,18-19H2,1H3,(H,35,39). The number of nitrogens with one attached hydrogen (secondary N) is 1. The number of halogens is 2. The van der Waals surface area contributed by atoms with Crippen LogP contribution in [0.1, 0.15) is 49.7 Å². The van der Waals surface area contributed by atoms with Crippen molar-refractivity contribution in [2.75, 3.05) is 11.9 Å². The Hall–Kier alpha value is -3.75. The molecule has 1 saturated heterocycles. The van der Waals surface area contributed by atoms with Gasteiger partial charge in [-0.25, -0.2) is 14.4 Å². The molecule has 1 aliphatic carbocycles. The van der Waals surface area contributed by atoms with Gasteiger partial charge < -0.3 is 19.4 Å². The minimum absolute atomic E-state index is 0.0831. The molecule has 1 fully saturated rings. The summed E-state index contributed by atoms with van der Waals surface area (Å²) in [5.41, 5.74) is 5.22. The molecule has 0 bridgehead atoms. The summed E-state index contributed by atoms with van der Waals surface area (Å²) in [6, 6.07) is 16.2. The van der Waals surface area contributed by atoms with E-state index in [2.05, 4.69) is 20.9 Å². The van der Waals surface area contributed by atoms with Crippen molar-refractivity contribution in [2.45, 2.75) is 58.3 Å². The van der Waals surface area contributed by atoms with Crippen LogP contribution >= 0.6 is 11.6 Å². The van der Waals surface area contributed by atoms with Gasteiger partial charge in [-0.3, -0.25) is 4.79 Å².